The number of benzene rings is 2. The van der Waals surface area contributed by atoms with E-state index in [9.17, 15) is 13.2 Å². The Morgan fingerprint density at radius 2 is 1.92 bits per heavy atom. The number of nitrogens with two attached hydrogens (primary N) is 1. The number of carbonyl (C=O) groups excluding carboxylic acids is 1. The predicted octanol–water partition coefficient (Wildman–Crippen LogP) is 2.62. The summed E-state index contributed by atoms with van der Waals surface area (Å²) < 4.78 is 28.4. The largest absolute Gasteiger partial charge is 0.482 e. The second kappa shape index (κ2) is 7.21. The summed E-state index contributed by atoms with van der Waals surface area (Å²) in [5.41, 5.74) is 1.76. The maximum Gasteiger partial charge on any atom is 0.262 e. The fourth-order valence-corrected chi connectivity index (χ4v) is 3.03. The Kier molecular flexibility index (Phi) is 5.48. The molecule has 0 saturated carbocycles. The van der Waals surface area contributed by atoms with Crippen molar-refractivity contribution in [1.82, 2.24) is 0 Å². The summed E-state index contributed by atoms with van der Waals surface area (Å²) in [5, 5.41) is 8.10. The lowest BCUT2D eigenvalue weighted by Crippen LogP contribution is -2.21. The number of primary sulfonamides is 1. The van der Waals surface area contributed by atoms with Crippen molar-refractivity contribution in [3.05, 3.63) is 52.5 Å². The normalized spacial score (nSPS) is 11.2. The van der Waals surface area contributed by atoms with E-state index < -0.39 is 15.9 Å². The zero-order valence-electron chi connectivity index (χ0n) is 13.2. The van der Waals surface area contributed by atoms with Gasteiger partial charge in [0.05, 0.1) is 9.92 Å². The van der Waals surface area contributed by atoms with Crippen molar-refractivity contribution in [1.29, 1.82) is 0 Å². The van der Waals surface area contributed by atoms with Gasteiger partial charge in [-0.15, -0.1) is 0 Å². The van der Waals surface area contributed by atoms with E-state index in [0.29, 0.717) is 22.0 Å². The summed E-state index contributed by atoms with van der Waals surface area (Å²) in [6, 6.07) is 9.69. The van der Waals surface area contributed by atoms with Crippen molar-refractivity contribution in [2.24, 2.45) is 5.14 Å². The molecular formula is C16H17ClN2O4S. The van der Waals surface area contributed by atoms with Crippen LogP contribution in [0.2, 0.25) is 5.02 Å². The lowest BCUT2D eigenvalue weighted by Gasteiger charge is -2.11. The molecule has 0 atom stereocenters. The maximum atomic E-state index is 12.0. The second-order valence-corrected chi connectivity index (χ2v) is 7.23. The first-order chi connectivity index (χ1) is 11.2. The monoisotopic (exact) mass is 368 g/mol. The molecule has 1 amide bonds. The van der Waals surface area contributed by atoms with Crippen molar-refractivity contribution in [2.75, 3.05) is 11.9 Å². The lowest BCUT2D eigenvalue weighted by atomic mass is 10.2. The number of ether oxygens (including phenoxy) is 1. The highest BCUT2D eigenvalue weighted by Gasteiger charge is 2.13. The number of nitrogens with one attached hydrogen (secondary N) is 1. The van der Waals surface area contributed by atoms with Gasteiger partial charge >= 0.3 is 0 Å². The summed E-state index contributed by atoms with van der Waals surface area (Å²) in [7, 11) is -3.86. The number of carbonyl (C=O) groups is 1. The Hall–Kier alpha value is -2.09. The molecule has 0 spiro atoms. The summed E-state index contributed by atoms with van der Waals surface area (Å²) in [6.07, 6.45) is 0. The first-order valence-corrected chi connectivity index (χ1v) is 8.91. The Bertz CT molecular complexity index is 882. The van der Waals surface area contributed by atoms with Gasteiger partial charge in [-0.1, -0.05) is 23.7 Å². The van der Waals surface area contributed by atoms with Gasteiger partial charge < -0.3 is 10.1 Å². The van der Waals surface area contributed by atoms with Crippen LogP contribution in [0, 0.1) is 13.8 Å². The Morgan fingerprint density at radius 1 is 1.21 bits per heavy atom. The van der Waals surface area contributed by atoms with E-state index in [-0.39, 0.29) is 11.5 Å². The van der Waals surface area contributed by atoms with Crippen molar-refractivity contribution in [3.8, 4) is 5.75 Å². The van der Waals surface area contributed by atoms with Crippen LogP contribution >= 0.6 is 11.6 Å². The van der Waals surface area contributed by atoms with Crippen LogP contribution in [-0.4, -0.2) is 20.9 Å². The van der Waals surface area contributed by atoms with E-state index in [0.717, 1.165) is 5.56 Å². The third-order valence-corrected chi connectivity index (χ3v) is 4.59. The molecule has 24 heavy (non-hydrogen) atoms. The van der Waals surface area contributed by atoms with Gasteiger partial charge in [-0.3, -0.25) is 4.79 Å². The molecule has 2 aromatic rings. The third-order valence-electron chi connectivity index (χ3n) is 3.22. The fraction of sp³-hybridized carbons (Fsp3) is 0.188. The van der Waals surface area contributed by atoms with Crippen LogP contribution in [-0.2, 0) is 14.8 Å². The average molecular weight is 369 g/mol. The zero-order chi connectivity index (χ0) is 17.9. The van der Waals surface area contributed by atoms with Crippen LogP contribution in [0.3, 0.4) is 0 Å². The molecule has 0 aromatic heterocycles. The number of aryl methyl sites for hydroxylation is 2. The molecule has 8 heteroatoms. The Balaban J connectivity index is 2.06. The van der Waals surface area contributed by atoms with Gasteiger partial charge in [-0.25, -0.2) is 13.6 Å². The number of anilines is 1. The van der Waals surface area contributed by atoms with Crippen molar-refractivity contribution in [3.63, 3.8) is 0 Å². The smallest absolute Gasteiger partial charge is 0.262 e. The van der Waals surface area contributed by atoms with Gasteiger partial charge in [0.2, 0.25) is 10.0 Å². The quantitative estimate of drug-likeness (QED) is 0.847. The fourth-order valence-electron chi connectivity index (χ4n) is 2.05. The van der Waals surface area contributed by atoms with E-state index in [1.54, 1.807) is 31.2 Å². The van der Waals surface area contributed by atoms with Crippen LogP contribution in [0.1, 0.15) is 11.1 Å². The van der Waals surface area contributed by atoms with Gasteiger partial charge in [-0.05, 0) is 49.2 Å². The van der Waals surface area contributed by atoms with Crippen molar-refractivity contribution < 1.29 is 17.9 Å². The van der Waals surface area contributed by atoms with Gasteiger partial charge in [0.15, 0.2) is 6.61 Å². The number of hydrogen-bond donors (Lipinski definition) is 2. The highest BCUT2D eigenvalue weighted by Crippen LogP contribution is 2.25. The molecule has 0 aliphatic carbocycles. The first kappa shape index (κ1) is 18.3. The summed E-state index contributed by atoms with van der Waals surface area (Å²) in [5.74, 6) is -0.0438. The molecule has 0 bridgehead atoms. The summed E-state index contributed by atoms with van der Waals surface area (Å²) >= 11 is 5.99. The minimum Gasteiger partial charge on any atom is -0.482 e. The number of hydrogen-bond acceptors (Lipinski definition) is 4. The molecule has 128 valence electrons. The lowest BCUT2D eigenvalue weighted by molar-refractivity contribution is -0.118. The Morgan fingerprint density at radius 3 is 2.58 bits per heavy atom. The van der Waals surface area contributed by atoms with Crippen LogP contribution in [0.15, 0.2) is 41.3 Å². The number of sulfonamides is 1. The molecule has 0 aliphatic rings. The SMILES string of the molecule is Cc1ccc(Cl)c(OCC(=O)Nc2ccc(C)c(S(N)(=O)=O)c2)c1. The number of rotatable bonds is 5. The molecule has 2 rings (SSSR count). The topological polar surface area (TPSA) is 98.5 Å². The molecule has 0 aliphatic heterocycles. The zero-order valence-corrected chi connectivity index (χ0v) is 14.7. The van der Waals surface area contributed by atoms with E-state index in [4.69, 9.17) is 21.5 Å². The van der Waals surface area contributed by atoms with E-state index in [2.05, 4.69) is 5.32 Å². The highest BCUT2D eigenvalue weighted by atomic mass is 35.5. The minimum atomic E-state index is -3.86. The second-order valence-electron chi connectivity index (χ2n) is 5.30. The molecule has 0 heterocycles. The van der Waals surface area contributed by atoms with E-state index >= 15 is 0 Å². The minimum absolute atomic E-state index is 0.0389. The van der Waals surface area contributed by atoms with Crippen LogP contribution in [0.4, 0.5) is 5.69 Å². The van der Waals surface area contributed by atoms with Gasteiger partial charge in [0.1, 0.15) is 5.75 Å². The standard InChI is InChI=1S/C16H17ClN2O4S/c1-10-3-6-13(17)14(7-10)23-9-16(20)19-12-5-4-11(2)15(8-12)24(18,21)22/h3-8H,9H2,1-2H3,(H,19,20)(H2,18,21,22). The van der Waals surface area contributed by atoms with Crippen molar-refractivity contribution in [2.45, 2.75) is 18.7 Å². The molecular weight excluding hydrogens is 352 g/mol. The Labute approximate surface area is 145 Å². The van der Waals surface area contributed by atoms with Gasteiger partial charge in [0, 0.05) is 5.69 Å². The summed E-state index contributed by atoms with van der Waals surface area (Å²) in [4.78, 5) is 11.9. The number of amides is 1. The van der Waals surface area contributed by atoms with Crippen LogP contribution in [0.25, 0.3) is 0 Å². The van der Waals surface area contributed by atoms with Crippen LogP contribution in [0.5, 0.6) is 5.75 Å². The van der Waals surface area contributed by atoms with Gasteiger partial charge in [-0.2, -0.15) is 0 Å². The molecule has 0 fully saturated rings. The molecule has 0 unspecified atom stereocenters. The summed E-state index contributed by atoms with van der Waals surface area (Å²) in [6.45, 7) is 3.24. The van der Waals surface area contributed by atoms with E-state index in [1.807, 2.05) is 13.0 Å². The molecule has 6 nitrogen and oxygen atoms in total. The van der Waals surface area contributed by atoms with Crippen LogP contribution < -0.4 is 15.2 Å². The van der Waals surface area contributed by atoms with Crippen molar-refractivity contribution >= 4 is 33.2 Å². The average Bonchev–Trinajstić information content (AvgIpc) is 2.49. The molecule has 2 aromatic carbocycles. The first-order valence-electron chi connectivity index (χ1n) is 6.99. The maximum absolute atomic E-state index is 12.0. The molecule has 0 radical (unpaired) electrons. The van der Waals surface area contributed by atoms with E-state index in [1.165, 1.54) is 6.07 Å². The molecule has 0 saturated heterocycles. The highest BCUT2D eigenvalue weighted by molar-refractivity contribution is 7.89. The van der Waals surface area contributed by atoms with Gasteiger partial charge in [0.25, 0.3) is 5.91 Å². The third kappa shape index (κ3) is 4.70. The molecule has 3 N–H and O–H groups in total. The predicted molar refractivity (Wildman–Crippen MR) is 92.9 cm³/mol. The number of halogens is 1.